The van der Waals surface area contributed by atoms with E-state index in [-0.39, 0.29) is 60.4 Å². The predicted octanol–water partition coefficient (Wildman–Crippen LogP) is 1.87. The zero-order valence-corrected chi connectivity index (χ0v) is 18.8. The first kappa shape index (κ1) is 21.6. The molecule has 174 valence electrons. The lowest BCUT2D eigenvalue weighted by Gasteiger charge is -2.56. The van der Waals surface area contributed by atoms with E-state index >= 15 is 0 Å². The van der Waals surface area contributed by atoms with Gasteiger partial charge in [-0.3, -0.25) is 24.0 Å². The summed E-state index contributed by atoms with van der Waals surface area (Å²) in [5.74, 6) is -3.69. The van der Waals surface area contributed by atoms with E-state index in [0.717, 1.165) is 0 Å². The largest absolute Gasteiger partial charge is 0.469 e. The maximum atomic E-state index is 13.8. The number of ketones is 2. The molecule has 4 saturated carbocycles. The lowest BCUT2D eigenvalue weighted by molar-refractivity contribution is -0.176. The molecule has 2 bridgehead atoms. The Morgan fingerprint density at radius 3 is 2.53 bits per heavy atom. The molecule has 32 heavy (non-hydrogen) atoms. The van der Waals surface area contributed by atoms with Gasteiger partial charge in [-0.1, -0.05) is 6.92 Å². The molecule has 1 heterocycles. The second kappa shape index (κ2) is 7.12. The maximum absolute atomic E-state index is 13.8. The van der Waals surface area contributed by atoms with Gasteiger partial charge in [-0.05, 0) is 43.9 Å². The summed E-state index contributed by atoms with van der Waals surface area (Å²) in [5, 5.41) is 0. The van der Waals surface area contributed by atoms with Crippen molar-refractivity contribution in [2.75, 3.05) is 13.7 Å². The summed E-state index contributed by atoms with van der Waals surface area (Å²) in [4.78, 5) is 64.2. The van der Waals surface area contributed by atoms with Crippen molar-refractivity contribution in [3.05, 3.63) is 0 Å². The highest BCUT2D eigenvalue weighted by Gasteiger charge is 2.73. The van der Waals surface area contributed by atoms with Gasteiger partial charge in [0.25, 0.3) is 0 Å². The Morgan fingerprint density at radius 2 is 1.88 bits per heavy atom. The number of fused-ring (bicyclic) bond motifs is 2. The number of carbonyl (C=O) groups is 5. The van der Waals surface area contributed by atoms with Gasteiger partial charge in [0.05, 0.1) is 31.0 Å². The molecule has 8 nitrogen and oxygen atoms in total. The molecular formula is C24H30O8. The minimum atomic E-state index is -1.19. The molecule has 1 unspecified atom stereocenters. The first-order valence-electron chi connectivity index (χ1n) is 11.6. The van der Waals surface area contributed by atoms with Gasteiger partial charge in [0.15, 0.2) is 0 Å². The quantitative estimate of drug-likeness (QED) is 0.477. The van der Waals surface area contributed by atoms with E-state index in [0.29, 0.717) is 32.1 Å². The number of rotatable bonds is 3. The van der Waals surface area contributed by atoms with E-state index in [1.54, 1.807) is 6.92 Å². The zero-order valence-electron chi connectivity index (χ0n) is 18.8. The molecule has 4 aliphatic carbocycles. The van der Waals surface area contributed by atoms with E-state index in [4.69, 9.17) is 14.2 Å². The van der Waals surface area contributed by atoms with Crippen LogP contribution in [0.1, 0.15) is 52.4 Å². The molecule has 0 aromatic heterocycles. The van der Waals surface area contributed by atoms with Crippen molar-refractivity contribution in [1.29, 1.82) is 0 Å². The Balaban J connectivity index is 1.52. The van der Waals surface area contributed by atoms with Crippen LogP contribution in [0, 0.1) is 46.3 Å². The number of ether oxygens (including phenoxy) is 3. The Kier molecular flexibility index (Phi) is 4.81. The van der Waals surface area contributed by atoms with E-state index in [9.17, 15) is 24.0 Å². The molecule has 9 atom stereocenters. The predicted molar refractivity (Wildman–Crippen MR) is 108 cm³/mol. The van der Waals surface area contributed by atoms with Gasteiger partial charge >= 0.3 is 17.9 Å². The SMILES string of the molecule is COC(=O)[C@@H]1C[C@@H]2C[C@H]1C([C@]1(C)C(=O)C[C@H]3C[C@@H](OC(C)=O)CC[C@@]34COC(=O)[C@H]41)C2=O. The van der Waals surface area contributed by atoms with Crippen LogP contribution in [0.25, 0.3) is 0 Å². The van der Waals surface area contributed by atoms with Gasteiger partial charge in [-0.15, -0.1) is 0 Å². The van der Waals surface area contributed by atoms with Gasteiger partial charge in [0.1, 0.15) is 17.7 Å². The summed E-state index contributed by atoms with van der Waals surface area (Å²) in [6, 6.07) is 0. The van der Waals surface area contributed by atoms with Crippen LogP contribution in [-0.2, 0) is 38.2 Å². The summed E-state index contributed by atoms with van der Waals surface area (Å²) in [7, 11) is 1.34. The lowest BCUT2D eigenvalue weighted by Crippen LogP contribution is -2.62. The molecule has 0 radical (unpaired) electrons. The topological polar surface area (TPSA) is 113 Å². The molecule has 0 aromatic carbocycles. The number of Topliss-reactive ketones (excluding diaryl/α,β-unsaturated/α-hetero) is 2. The van der Waals surface area contributed by atoms with Gasteiger partial charge in [-0.25, -0.2) is 0 Å². The Bertz CT molecular complexity index is 910. The van der Waals surface area contributed by atoms with Crippen molar-refractivity contribution in [1.82, 2.24) is 0 Å². The fourth-order valence-corrected chi connectivity index (χ4v) is 8.21. The normalized spacial score (nSPS) is 47.0. The summed E-state index contributed by atoms with van der Waals surface area (Å²) in [6.07, 6.45) is 2.70. The Hall–Kier alpha value is -2.25. The van der Waals surface area contributed by atoms with Crippen molar-refractivity contribution in [2.24, 2.45) is 46.3 Å². The molecule has 1 saturated heterocycles. The molecule has 0 N–H and O–H groups in total. The third kappa shape index (κ3) is 2.70. The molecule has 5 aliphatic rings. The van der Waals surface area contributed by atoms with Crippen LogP contribution < -0.4 is 0 Å². The van der Waals surface area contributed by atoms with Crippen molar-refractivity contribution in [2.45, 2.75) is 58.5 Å². The van der Waals surface area contributed by atoms with Crippen LogP contribution in [0.15, 0.2) is 0 Å². The summed E-state index contributed by atoms with van der Waals surface area (Å²) in [6.45, 7) is 3.36. The van der Waals surface area contributed by atoms with Gasteiger partial charge < -0.3 is 14.2 Å². The number of cyclic esters (lactones) is 1. The van der Waals surface area contributed by atoms with Crippen LogP contribution >= 0.6 is 0 Å². The smallest absolute Gasteiger partial charge is 0.310 e. The lowest BCUT2D eigenvalue weighted by atomic mass is 9.44. The first-order chi connectivity index (χ1) is 15.1. The molecule has 5 fully saturated rings. The number of hydrogen-bond acceptors (Lipinski definition) is 8. The van der Waals surface area contributed by atoms with Crippen LogP contribution in [-0.4, -0.2) is 49.3 Å². The number of hydrogen-bond donors (Lipinski definition) is 0. The molecule has 0 amide bonds. The number of carbonyl (C=O) groups excluding carboxylic acids is 5. The van der Waals surface area contributed by atoms with Gasteiger partial charge in [0.2, 0.25) is 0 Å². The highest BCUT2D eigenvalue weighted by Crippen LogP contribution is 2.67. The fourth-order valence-electron chi connectivity index (χ4n) is 8.21. The minimum absolute atomic E-state index is 0.00732. The molecule has 8 heteroatoms. The fraction of sp³-hybridized carbons (Fsp3) is 0.792. The first-order valence-corrected chi connectivity index (χ1v) is 11.6. The van der Waals surface area contributed by atoms with Gasteiger partial charge in [-0.2, -0.15) is 0 Å². The van der Waals surface area contributed by atoms with Crippen molar-refractivity contribution in [3.8, 4) is 0 Å². The van der Waals surface area contributed by atoms with Crippen LogP contribution in [0.2, 0.25) is 0 Å². The van der Waals surface area contributed by atoms with E-state index in [1.165, 1.54) is 14.0 Å². The third-order valence-corrected chi connectivity index (χ3v) is 9.45. The molecule has 1 spiro atoms. The number of methoxy groups -OCH3 is 1. The molecule has 0 aromatic rings. The van der Waals surface area contributed by atoms with Crippen LogP contribution in [0.5, 0.6) is 0 Å². The van der Waals surface area contributed by atoms with Crippen molar-refractivity contribution >= 4 is 29.5 Å². The molecular weight excluding hydrogens is 416 g/mol. The van der Waals surface area contributed by atoms with E-state index < -0.39 is 34.6 Å². The summed E-state index contributed by atoms with van der Waals surface area (Å²) >= 11 is 0. The standard InChI is InChI=1S/C24H30O8/c1-11(25)32-14-4-5-24-10-31-22(29)20(24)23(2,17(26)9-13(24)8-14)18-15-6-12(19(18)27)7-16(15)21(28)30-3/h12-16,18,20H,4-10H2,1-3H3/t12-,13+,14-,15+,16+,18?,20-,23-,24+/m0/s1. The van der Waals surface area contributed by atoms with Crippen LogP contribution in [0.3, 0.4) is 0 Å². The van der Waals surface area contributed by atoms with Crippen LogP contribution in [0.4, 0.5) is 0 Å². The Labute approximate surface area is 186 Å². The second-order valence-electron chi connectivity index (χ2n) is 10.7. The average molecular weight is 446 g/mol. The van der Waals surface area contributed by atoms with Gasteiger partial charge in [0, 0.05) is 30.6 Å². The maximum Gasteiger partial charge on any atom is 0.310 e. The Morgan fingerprint density at radius 1 is 1.12 bits per heavy atom. The van der Waals surface area contributed by atoms with Crippen molar-refractivity contribution in [3.63, 3.8) is 0 Å². The summed E-state index contributed by atoms with van der Waals surface area (Å²) in [5.41, 5.74) is -1.74. The van der Waals surface area contributed by atoms with E-state index in [2.05, 4.69) is 0 Å². The number of esters is 3. The zero-order chi connectivity index (χ0) is 23.0. The average Bonchev–Trinajstić information content (AvgIpc) is 3.41. The minimum Gasteiger partial charge on any atom is -0.469 e. The summed E-state index contributed by atoms with van der Waals surface area (Å²) < 4.78 is 16.0. The third-order valence-electron chi connectivity index (χ3n) is 9.45. The molecule has 5 rings (SSSR count). The monoisotopic (exact) mass is 446 g/mol. The highest BCUT2D eigenvalue weighted by molar-refractivity contribution is 6.00. The van der Waals surface area contributed by atoms with E-state index in [1.807, 2.05) is 0 Å². The highest BCUT2D eigenvalue weighted by atomic mass is 16.5. The molecule has 1 aliphatic heterocycles. The second-order valence-corrected chi connectivity index (χ2v) is 10.7. The van der Waals surface area contributed by atoms with Crippen molar-refractivity contribution < 1.29 is 38.2 Å².